The predicted molar refractivity (Wildman–Crippen MR) is 98.3 cm³/mol. The topological polar surface area (TPSA) is 44.1 Å². The fourth-order valence-corrected chi connectivity index (χ4v) is 2.65. The summed E-state index contributed by atoms with van der Waals surface area (Å²) in [6, 6.07) is 15.7. The average molecular weight is 350 g/mol. The molecule has 0 spiro atoms. The molecule has 0 bridgehead atoms. The Balaban J connectivity index is 1.69. The molecule has 0 aliphatic rings. The van der Waals surface area contributed by atoms with Crippen molar-refractivity contribution in [2.24, 2.45) is 0 Å². The number of benzene rings is 2. The molecule has 2 aromatic carbocycles. The molecule has 0 saturated carbocycles. The molecule has 0 atom stereocenters. The van der Waals surface area contributed by atoms with E-state index in [9.17, 15) is 9.18 Å². The van der Waals surface area contributed by atoms with Crippen LogP contribution < -0.4 is 0 Å². The van der Waals surface area contributed by atoms with Crippen molar-refractivity contribution in [3.05, 3.63) is 89.0 Å². The van der Waals surface area contributed by atoms with Crippen molar-refractivity contribution < 1.29 is 13.9 Å². The first kappa shape index (κ1) is 17.6. The van der Waals surface area contributed by atoms with Gasteiger partial charge in [-0.3, -0.25) is 0 Å². The van der Waals surface area contributed by atoms with Gasteiger partial charge in [-0.25, -0.2) is 13.9 Å². The van der Waals surface area contributed by atoms with Crippen LogP contribution in [0.5, 0.6) is 0 Å². The molecule has 0 radical (unpaired) electrons. The second-order valence-corrected chi connectivity index (χ2v) is 5.90. The summed E-state index contributed by atoms with van der Waals surface area (Å²) >= 11 is 0. The van der Waals surface area contributed by atoms with Crippen molar-refractivity contribution >= 4 is 12.0 Å². The molecule has 1 aromatic heterocycles. The Morgan fingerprint density at radius 3 is 2.50 bits per heavy atom. The third kappa shape index (κ3) is 4.06. The standard InChI is InChI=1S/C21H19FN2O2/c1-15-20(16(2)24(23-15)19-6-4-3-5-7-19)12-13-21(25)26-14-17-8-10-18(22)11-9-17/h3-13H,14H2,1-2H3. The number of hydrogen-bond donors (Lipinski definition) is 0. The van der Waals surface area contributed by atoms with Crippen molar-refractivity contribution in [2.45, 2.75) is 20.5 Å². The van der Waals surface area contributed by atoms with Crippen LogP contribution in [0.2, 0.25) is 0 Å². The Labute approximate surface area is 151 Å². The van der Waals surface area contributed by atoms with Gasteiger partial charge in [0.05, 0.1) is 11.4 Å². The lowest BCUT2D eigenvalue weighted by molar-refractivity contribution is -0.138. The summed E-state index contributed by atoms with van der Waals surface area (Å²) in [6.45, 7) is 3.96. The van der Waals surface area contributed by atoms with Crippen molar-refractivity contribution in [3.63, 3.8) is 0 Å². The lowest BCUT2D eigenvalue weighted by Gasteiger charge is -2.04. The van der Waals surface area contributed by atoms with E-state index in [2.05, 4.69) is 5.10 Å². The van der Waals surface area contributed by atoms with Crippen LogP contribution in [0.4, 0.5) is 4.39 Å². The highest BCUT2D eigenvalue weighted by atomic mass is 19.1. The Hall–Kier alpha value is -3.21. The van der Waals surface area contributed by atoms with E-state index in [0.29, 0.717) is 0 Å². The molecule has 26 heavy (non-hydrogen) atoms. The molecule has 4 nitrogen and oxygen atoms in total. The summed E-state index contributed by atoms with van der Waals surface area (Å²) in [7, 11) is 0. The number of halogens is 1. The smallest absolute Gasteiger partial charge is 0.331 e. The first-order chi connectivity index (χ1) is 12.5. The number of rotatable bonds is 5. The normalized spacial score (nSPS) is 11.0. The van der Waals surface area contributed by atoms with Gasteiger partial charge in [-0.1, -0.05) is 30.3 Å². The van der Waals surface area contributed by atoms with Gasteiger partial charge in [-0.2, -0.15) is 5.10 Å². The maximum atomic E-state index is 12.9. The Morgan fingerprint density at radius 1 is 1.12 bits per heavy atom. The van der Waals surface area contributed by atoms with Gasteiger partial charge < -0.3 is 4.74 Å². The second-order valence-electron chi connectivity index (χ2n) is 5.90. The number of carbonyl (C=O) groups excluding carboxylic acids is 1. The van der Waals surface area contributed by atoms with Crippen LogP contribution in [0.1, 0.15) is 22.5 Å². The number of ether oxygens (including phenoxy) is 1. The van der Waals surface area contributed by atoms with Crippen LogP contribution in [0.3, 0.4) is 0 Å². The molecule has 1 heterocycles. The molecule has 3 rings (SSSR count). The SMILES string of the molecule is Cc1nn(-c2ccccc2)c(C)c1C=CC(=O)OCc1ccc(F)cc1. The summed E-state index contributed by atoms with van der Waals surface area (Å²) in [6.07, 6.45) is 3.10. The molecule has 0 N–H and O–H groups in total. The van der Waals surface area contributed by atoms with E-state index in [4.69, 9.17) is 4.74 Å². The van der Waals surface area contributed by atoms with E-state index < -0.39 is 5.97 Å². The summed E-state index contributed by atoms with van der Waals surface area (Å²) in [4.78, 5) is 11.9. The zero-order valence-corrected chi connectivity index (χ0v) is 14.6. The molecule has 132 valence electrons. The average Bonchev–Trinajstić information content (AvgIpc) is 2.94. The number of carbonyl (C=O) groups is 1. The first-order valence-corrected chi connectivity index (χ1v) is 8.25. The maximum absolute atomic E-state index is 12.9. The van der Waals surface area contributed by atoms with Gasteiger partial charge in [-0.15, -0.1) is 0 Å². The van der Waals surface area contributed by atoms with E-state index in [1.54, 1.807) is 18.2 Å². The lowest BCUT2D eigenvalue weighted by Crippen LogP contribution is -2.01. The van der Waals surface area contributed by atoms with Crippen molar-refractivity contribution in [2.75, 3.05) is 0 Å². The van der Waals surface area contributed by atoms with Gasteiger partial charge >= 0.3 is 5.97 Å². The molecule has 0 fully saturated rings. The van der Waals surface area contributed by atoms with E-state index >= 15 is 0 Å². The van der Waals surface area contributed by atoms with Gasteiger partial charge in [0.1, 0.15) is 12.4 Å². The molecule has 3 aromatic rings. The Morgan fingerprint density at radius 2 is 1.81 bits per heavy atom. The third-order valence-electron chi connectivity index (χ3n) is 4.03. The van der Waals surface area contributed by atoms with Crippen LogP contribution in [0.15, 0.2) is 60.7 Å². The fourth-order valence-electron chi connectivity index (χ4n) is 2.65. The minimum absolute atomic E-state index is 0.102. The number of hydrogen-bond acceptors (Lipinski definition) is 3. The molecule has 0 unspecified atom stereocenters. The van der Waals surface area contributed by atoms with Crippen LogP contribution >= 0.6 is 0 Å². The van der Waals surface area contributed by atoms with Crippen LogP contribution in [0, 0.1) is 19.7 Å². The highest BCUT2D eigenvalue weighted by molar-refractivity contribution is 5.87. The highest BCUT2D eigenvalue weighted by Gasteiger charge is 2.11. The number of para-hydroxylation sites is 1. The highest BCUT2D eigenvalue weighted by Crippen LogP contribution is 2.19. The van der Waals surface area contributed by atoms with Gasteiger partial charge in [0.15, 0.2) is 0 Å². The summed E-state index contributed by atoms with van der Waals surface area (Å²) in [5.41, 5.74) is 4.35. The largest absolute Gasteiger partial charge is 0.458 e. The van der Waals surface area contributed by atoms with Crippen molar-refractivity contribution in [1.29, 1.82) is 0 Å². The monoisotopic (exact) mass is 350 g/mol. The Bertz CT molecular complexity index is 929. The zero-order chi connectivity index (χ0) is 18.5. The minimum Gasteiger partial charge on any atom is -0.458 e. The fraction of sp³-hybridized carbons (Fsp3) is 0.143. The van der Waals surface area contributed by atoms with Crippen LogP contribution in [0.25, 0.3) is 11.8 Å². The van der Waals surface area contributed by atoms with E-state index in [1.807, 2.05) is 48.9 Å². The molecule has 0 aliphatic carbocycles. The van der Waals surface area contributed by atoms with Gasteiger partial charge in [0, 0.05) is 17.3 Å². The van der Waals surface area contributed by atoms with E-state index in [-0.39, 0.29) is 12.4 Å². The Kier molecular flexibility index (Phi) is 5.27. The maximum Gasteiger partial charge on any atom is 0.331 e. The van der Waals surface area contributed by atoms with Crippen molar-refractivity contribution in [3.8, 4) is 5.69 Å². The van der Waals surface area contributed by atoms with Gasteiger partial charge in [0.25, 0.3) is 0 Å². The number of aryl methyl sites for hydroxylation is 1. The second kappa shape index (κ2) is 7.78. The van der Waals surface area contributed by atoms with Crippen LogP contribution in [-0.2, 0) is 16.1 Å². The molecule has 0 saturated heterocycles. The zero-order valence-electron chi connectivity index (χ0n) is 14.6. The summed E-state index contributed by atoms with van der Waals surface area (Å²) < 4.78 is 19.9. The first-order valence-electron chi connectivity index (χ1n) is 8.25. The molecule has 0 aliphatic heterocycles. The molecular formula is C21H19FN2O2. The predicted octanol–water partition coefficient (Wildman–Crippen LogP) is 4.38. The lowest BCUT2D eigenvalue weighted by atomic mass is 10.2. The van der Waals surface area contributed by atoms with Gasteiger partial charge in [0.2, 0.25) is 0 Å². The minimum atomic E-state index is -0.458. The summed E-state index contributed by atoms with van der Waals surface area (Å²) in [5, 5.41) is 4.54. The number of aromatic nitrogens is 2. The third-order valence-corrected chi connectivity index (χ3v) is 4.03. The van der Waals surface area contributed by atoms with Crippen LogP contribution in [-0.4, -0.2) is 15.7 Å². The molecular weight excluding hydrogens is 331 g/mol. The number of esters is 1. The quantitative estimate of drug-likeness (QED) is 0.506. The molecule has 5 heteroatoms. The van der Waals surface area contributed by atoms with E-state index in [1.165, 1.54) is 18.2 Å². The molecule has 0 amide bonds. The summed E-state index contributed by atoms with van der Waals surface area (Å²) in [5.74, 6) is -0.776. The van der Waals surface area contributed by atoms with E-state index in [0.717, 1.165) is 28.2 Å². The van der Waals surface area contributed by atoms with Crippen molar-refractivity contribution in [1.82, 2.24) is 9.78 Å². The van der Waals surface area contributed by atoms with Gasteiger partial charge in [-0.05, 0) is 49.8 Å². The number of nitrogens with zero attached hydrogens (tertiary/aromatic N) is 2.